The number of aliphatic hydroxyl groups is 1. The Labute approximate surface area is 86.1 Å². The van der Waals surface area contributed by atoms with Crippen molar-refractivity contribution in [1.29, 1.82) is 0 Å². The first-order chi connectivity index (χ1) is 6.39. The van der Waals surface area contributed by atoms with Crippen molar-refractivity contribution in [3.05, 3.63) is 47.7 Å². The van der Waals surface area contributed by atoms with E-state index in [0.717, 1.165) is 5.56 Å². The van der Waals surface area contributed by atoms with Crippen LogP contribution in [0.5, 0.6) is 0 Å². The molecule has 14 heavy (non-hydrogen) atoms. The first-order valence-corrected chi connectivity index (χ1v) is 4.86. The van der Waals surface area contributed by atoms with Gasteiger partial charge in [-0.05, 0) is 16.5 Å². The van der Waals surface area contributed by atoms with E-state index in [9.17, 15) is 0 Å². The Bertz CT molecular complexity index is 331. The predicted molar refractivity (Wildman–Crippen MR) is 60.6 cm³/mol. The molecule has 76 valence electrons. The smallest absolute Gasteiger partial charge is 0.0894 e. The Morgan fingerprint density at radius 2 is 2.00 bits per heavy atom. The topological polar surface area (TPSA) is 20.2 Å². The minimum absolute atomic E-state index is 0.160. The van der Waals surface area contributed by atoms with Gasteiger partial charge in [0.25, 0.3) is 0 Å². The first-order valence-electron chi connectivity index (χ1n) is 4.86. The molecule has 0 unspecified atom stereocenters. The SMILES string of the molecule is C=C(O)Cc1cccc(C(C)(C)C)c1. The van der Waals surface area contributed by atoms with Crippen LogP contribution < -0.4 is 0 Å². The summed E-state index contributed by atoms with van der Waals surface area (Å²) in [6.45, 7) is 10.0. The molecule has 0 spiro atoms. The second-order valence-electron chi connectivity index (χ2n) is 4.69. The van der Waals surface area contributed by atoms with Crippen LogP contribution in [-0.4, -0.2) is 5.11 Å². The number of rotatable bonds is 2. The molecule has 0 fully saturated rings. The normalized spacial score (nSPS) is 11.4. The molecule has 0 aliphatic carbocycles. The molecule has 0 saturated heterocycles. The highest BCUT2D eigenvalue weighted by molar-refractivity contribution is 5.30. The molecule has 1 aromatic carbocycles. The molecule has 0 heterocycles. The molecule has 0 aliphatic heterocycles. The second-order valence-corrected chi connectivity index (χ2v) is 4.69. The van der Waals surface area contributed by atoms with Gasteiger partial charge in [0.1, 0.15) is 0 Å². The Hall–Kier alpha value is -1.24. The summed E-state index contributed by atoms with van der Waals surface area (Å²) in [7, 11) is 0. The molecule has 0 radical (unpaired) electrons. The fourth-order valence-electron chi connectivity index (χ4n) is 1.38. The number of allylic oxidation sites excluding steroid dienone is 1. The van der Waals surface area contributed by atoms with Gasteiger partial charge in [0.15, 0.2) is 0 Å². The van der Waals surface area contributed by atoms with Gasteiger partial charge in [-0.15, -0.1) is 0 Å². The molecule has 0 aromatic heterocycles. The lowest BCUT2D eigenvalue weighted by Gasteiger charge is -2.19. The molecule has 0 atom stereocenters. The van der Waals surface area contributed by atoms with Crippen LogP contribution in [0.15, 0.2) is 36.6 Å². The van der Waals surface area contributed by atoms with Crippen molar-refractivity contribution >= 4 is 0 Å². The lowest BCUT2D eigenvalue weighted by molar-refractivity contribution is 0.401. The van der Waals surface area contributed by atoms with Gasteiger partial charge in [-0.1, -0.05) is 51.6 Å². The molecular weight excluding hydrogens is 172 g/mol. The highest BCUT2D eigenvalue weighted by Crippen LogP contribution is 2.23. The zero-order chi connectivity index (χ0) is 10.8. The van der Waals surface area contributed by atoms with Crippen molar-refractivity contribution in [2.24, 2.45) is 0 Å². The number of hydrogen-bond donors (Lipinski definition) is 1. The van der Waals surface area contributed by atoms with Crippen LogP contribution in [0.3, 0.4) is 0 Å². The quantitative estimate of drug-likeness (QED) is 0.706. The third-order valence-electron chi connectivity index (χ3n) is 2.20. The summed E-state index contributed by atoms with van der Waals surface area (Å²) < 4.78 is 0. The fourth-order valence-corrected chi connectivity index (χ4v) is 1.38. The molecule has 1 nitrogen and oxygen atoms in total. The zero-order valence-corrected chi connectivity index (χ0v) is 9.17. The largest absolute Gasteiger partial charge is 0.513 e. The van der Waals surface area contributed by atoms with E-state index < -0.39 is 0 Å². The van der Waals surface area contributed by atoms with Gasteiger partial charge in [0.2, 0.25) is 0 Å². The summed E-state index contributed by atoms with van der Waals surface area (Å²) in [4.78, 5) is 0. The summed E-state index contributed by atoms with van der Waals surface area (Å²) in [6, 6.07) is 8.28. The van der Waals surface area contributed by atoms with Crippen molar-refractivity contribution in [2.45, 2.75) is 32.6 Å². The molecule has 0 aliphatic rings. The first kappa shape index (κ1) is 10.8. The maximum atomic E-state index is 9.11. The van der Waals surface area contributed by atoms with Gasteiger partial charge in [0, 0.05) is 6.42 Å². The van der Waals surface area contributed by atoms with E-state index in [1.54, 1.807) is 0 Å². The van der Waals surface area contributed by atoms with Gasteiger partial charge < -0.3 is 5.11 Å². The van der Waals surface area contributed by atoms with Gasteiger partial charge in [-0.3, -0.25) is 0 Å². The minimum Gasteiger partial charge on any atom is -0.513 e. The van der Waals surface area contributed by atoms with E-state index in [1.807, 2.05) is 12.1 Å². The van der Waals surface area contributed by atoms with Crippen LogP contribution in [0, 0.1) is 0 Å². The van der Waals surface area contributed by atoms with Crippen molar-refractivity contribution in [1.82, 2.24) is 0 Å². The average molecular weight is 190 g/mol. The van der Waals surface area contributed by atoms with Crippen LogP contribution in [0.25, 0.3) is 0 Å². The summed E-state index contributed by atoms with van der Waals surface area (Å²) in [5, 5.41) is 9.11. The molecule has 0 saturated carbocycles. The Morgan fingerprint density at radius 1 is 1.36 bits per heavy atom. The van der Waals surface area contributed by atoms with E-state index in [0.29, 0.717) is 6.42 Å². The molecule has 1 N–H and O–H groups in total. The Kier molecular flexibility index (Phi) is 3.00. The Morgan fingerprint density at radius 3 is 2.50 bits per heavy atom. The fraction of sp³-hybridized carbons (Fsp3) is 0.385. The third-order valence-corrected chi connectivity index (χ3v) is 2.20. The lowest BCUT2D eigenvalue weighted by atomic mass is 9.86. The lowest BCUT2D eigenvalue weighted by Crippen LogP contribution is -2.11. The monoisotopic (exact) mass is 190 g/mol. The molecule has 1 rings (SSSR count). The van der Waals surface area contributed by atoms with E-state index in [-0.39, 0.29) is 11.2 Å². The number of aliphatic hydroxyl groups excluding tert-OH is 1. The van der Waals surface area contributed by atoms with Crippen molar-refractivity contribution in [3.63, 3.8) is 0 Å². The average Bonchev–Trinajstić information content (AvgIpc) is 2.01. The van der Waals surface area contributed by atoms with Crippen LogP contribution in [0.1, 0.15) is 31.9 Å². The molecule has 1 aromatic rings. The summed E-state index contributed by atoms with van der Waals surface area (Å²) in [6.07, 6.45) is 0.546. The van der Waals surface area contributed by atoms with E-state index in [1.165, 1.54) is 5.56 Å². The highest BCUT2D eigenvalue weighted by Gasteiger charge is 2.13. The van der Waals surface area contributed by atoms with E-state index in [2.05, 4.69) is 39.5 Å². The van der Waals surface area contributed by atoms with Crippen LogP contribution in [0.2, 0.25) is 0 Å². The maximum absolute atomic E-state index is 9.11. The summed E-state index contributed by atoms with van der Waals surface area (Å²) >= 11 is 0. The zero-order valence-electron chi connectivity index (χ0n) is 9.17. The van der Waals surface area contributed by atoms with Gasteiger partial charge in [-0.2, -0.15) is 0 Å². The van der Waals surface area contributed by atoms with Crippen LogP contribution in [0.4, 0.5) is 0 Å². The molecule has 0 amide bonds. The standard InChI is InChI=1S/C13H18O/c1-10(14)8-11-6-5-7-12(9-11)13(2,3)4/h5-7,9,14H,1,8H2,2-4H3. The van der Waals surface area contributed by atoms with Gasteiger partial charge in [-0.25, -0.2) is 0 Å². The predicted octanol–water partition coefficient (Wildman–Crippen LogP) is 3.60. The molecule has 0 bridgehead atoms. The maximum Gasteiger partial charge on any atom is 0.0894 e. The summed E-state index contributed by atoms with van der Waals surface area (Å²) in [5.74, 6) is 0.219. The van der Waals surface area contributed by atoms with Crippen molar-refractivity contribution in [2.75, 3.05) is 0 Å². The van der Waals surface area contributed by atoms with E-state index >= 15 is 0 Å². The van der Waals surface area contributed by atoms with Crippen LogP contribution in [-0.2, 0) is 11.8 Å². The van der Waals surface area contributed by atoms with Crippen molar-refractivity contribution < 1.29 is 5.11 Å². The number of hydrogen-bond acceptors (Lipinski definition) is 1. The molecular formula is C13H18O. The van der Waals surface area contributed by atoms with Gasteiger partial charge >= 0.3 is 0 Å². The van der Waals surface area contributed by atoms with Gasteiger partial charge in [0.05, 0.1) is 5.76 Å². The Balaban J connectivity index is 2.95. The van der Waals surface area contributed by atoms with Crippen LogP contribution >= 0.6 is 0 Å². The third kappa shape index (κ3) is 2.91. The minimum atomic E-state index is 0.160. The molecule has 1 heteroatoms. The van der Waals surface area contributed by atoms with E-state index in [4.69, 9.17) is 5.11 Å². The second kappa shape index (κ2) is 3.87. The van der Waals surface area contributed by atoms with Crippen molar-refractivity contribution in [3.8, 4) is 0 Å². The summed E-state index contributed by atoms with van der Waals surface area (Å²) in [5.41, 5.74) is 2.56. The highest BCUT2D eigenvalue weighted by atomic mass is 16.3. The number of benzene rings is 1.